The quantitative estimate of drug-likeness (QED) is 0.547. The van der Waals surface area contributed by atoms with E-state index in [2.05, 4.69) is 14.7 Å². The van der Waals surface area contributed by atoms with Gasteiger partial charge in [-0.3, -0.25) is 4.72 Å². The van der Waals surface area contributed by atoms with Gasteiger partial charge in [0.25, 0.3) is 10.0 Å². The van der Waals surface area contributed by atoms with E-state index in [1.807, 2.05) is 24.3 Å². The first-order valence-corrected chi connectivity index (χ1v) is 9.75. The Labute approximate surface area is 155 Å². The molecule has 2 N–H and O–H groups in total. The van der Waals surface area contributed by atoms with Gasteiger partial charge in [0.05, 0.1) is 21.6 Å². The van der Waals surface area contributed by atoms with Crippen LogP contribution >= 0.6 is 0 Å². The standard InChI is InChI=1S/C20H16FN3O2S/c1-13-10-11-14(12-16(13)21)27(25,26)24-17-7-3-2-6-15(17)20-22-18-8-4-5-9-19(18)23-20/h2-12,24H,1H3,(H,22,23). The molecule has 0 aliphatic heterocycles. The van der Waals surface area contributed by atoms with E-state index in [9.17, 15) is 12.8 Å². The third kappa shape index (κ3) is 3.29. The Morgan fingerprint density at radius 1 is 1.00 bits per heavy atom. The number of hydrogen-bond acceptors (Lipinski definition) is 3. The summed E-state index contributed by atoms with van der Waals surface area (Å²) in [7, 11) is -3.94. The fraction of sp³-hybridized carbons (Fsp3) is 0.0500. The average molecular weight is 381 g/mol. The van der Waals surface area contributed by atoms with Gasteiger partial charge in [0.1, 0.15) is 11.6 Å². The van der Waals surface area contributed by atoms with Crippen LogP contribution in [0.5, 0.6) is 0 Å². The van der Waals surface area contributed by atoms with Crippen LogP contribution in [0.15, 0.2) is 71.6 Å². The van der Waals surface area contributed by atoms with Crippen molar-refractivity contribution in [2.45, 2.75) is 11.8 Å². The van der Waals surface area contributed by atoms with Gasteiger partial charge in [0, 0.05) is 5.56 Å². The van der Waals surface area contributed by atoms with Crippen LogP contribution in [-0.4, -0.2) is 18.4 Å². The minimum atomic E-state index is -3.94. The van der Waals surface area contributed by atoms with Gasteiger partial charge in [-0.25, -0.2) is 17.8 Å². The molecule has 4 rings (SSSR count). The Bertz CT molecular complexity index is 1220. The van der Waals surface area contributed by atoms with Crippen molar-refractivity contribution in [3.8, 4) is 11.4 Å². The Morgan fingerprint density at radius 3 is 2.52 bits per heavy atom. The van der Waals surface area contributed by atoms with Crippen molar-refractivity contribution < 1.29 is 12.8 Å². The molecule has 0 saturated carbocycles. The summed E-state index contributed by atoms with van der Waals surface area (Å²) in [5.74, 6) is -0.0203. The molecule has 1 aromatic heterocycles. The fourth-order valence-corrected chi connectivity index (χ4v) is 3.89. The van der Waals surface area contributed by atoms with Crippen molar-refractivity contribution >= 4 is 26.7 Å². The number of imidazole rings is 1. The number of halogens is 1. The van der Waals surface area contributed by atoms with Crippen molar-refractivity contribution in [3.63, 3.8) is 0 Å². The largest absolute Gasteiger partial charge is 0.338 e. The zero-order valence-corrected chi connectivity index (χ0v) is 15.2. The summed E-state index contributed by atoms with van der Waals surface area (Å²) in [4.78, 5) is 7.58. The molecule has 0 aliphatic carbocycles. The van der Waals surface area contributed by atoms with Gasteiger partial charge < -0.3 is 4.98 Å². The number of H-pyrrole nitrogens is 1. The van der Waals surface area contributed by atoms with Gasteiger partial charge in [-0.1, -0.05) is 30.3 Å². The molecular formula is C20H16FN3O2S. The number of aryl methyl sites for hydroxylation is 1. The molecule has 0 aliphatic rings. The second-order valence-electron chi connectivity index (χ2n) is 6.16. The molecule has 3 aromatic carbocycles. The van der Waals surface area contributed by atoms with Crippen LogP contribution in [0.25, 0.3) is 22.4 Å². The lowest BCUT2D eigenvalue weighted by Crippen LogP contribution is -2.14. The number of nitrogens with one attached hydrogen (secondary N) is 2. The van der Waals surface area contributed by atoms with Crippen LogP contribution in [0.2, 0.25) is 0 Å². The first kappa shape index (κ1) is 17.2. The van der Waals surface area contributed by atoms with Crippen LogP contribution in [0.1, 0.15) is 5.56 Å². The number of benzene rings is 3. The maximum Gasteiger partial charge on any atom is 0.262 e. The zero-order valence-electron chi connectivity index (χ0n) is 14.4. The summed E-state index contributed by atoms with van der Waals surface area (Å²) in [6.07, 6.45) is 0. The van der Waals surface area contributed by atoms with Crippen molar-refractivity contribution in [3.05, 3.63) is 78.1 Å². The van der Waals surface area contributed by atoms with Crippen molar-refractivity contribution in [1.82, 2.24) is 9.97 Å². The third-order valence-corrected chi connectivity index (χ3v) is 5.63. The van der Waals surface area contributed by atoms with Crippen LogP contribution in [-0.2, 0) is 10.0 Å². The number of sulfonamides is 1. The van der Waals surface area contributed by atoms with Crippen LogP contribution in [0.3, 0.4) is 0 Å². The molecule has 0 saturated heterocycles. The van der Waals surface area contributed by atoms with Crippen molar-refractivity contribution in [1.29, 1.82) is 0 Å². The Morgan fingerprint density at radius 2 is 1.74 bits per heavy atom. The summed E-state index contributed by atoms with van der Waals surface area (Å²) in [6.45, 7) is 1.58. The van der Waals surface area contributed by atoms with Crippen molar-refractivity contribution in [2.24, 2.45) is 0 Å². The average Bonchev–Trinajstić information content (AvgIpc) is 3.08. The number of anilines is 1. The number of aromatic amines is 1. The maximum absolute atomic E-state index is 13.8. The number of rotatable bonds is 4. The van der Waals surface area contributed by atoms with E-state index in [1.165, 1.54) is 12.1 Å². The molecule has 0 radical (unpaired) electrons. The molecule has 5 nitrogen and oxygen atoms in total. The summed E-state index contributed by atoms with van der Waals surface area (Å²) >= 11 is 0. The second-order valence-corrected chi connectivity index (χ2v) is 7.85. The molecule has 0 fully saturated rings. The van der Waals surface area contributed by atoms with Crippen molar-refractivity contribution in [2.75, 3.05) is 4.72 Å². The Balaban J connectivity index is 1.75. The van der Waals surface area contributed by atoms with E-state index in [-0.39, 0.29) is 4.90 Å². The van der Waals surface area contributed by atoms with Gasteiger partial charge in [0.2, 0.25) is 0 Å². The topological polar surface area (TPSA) is 74.8 Å². The highest BCUT2D eigenvalue weighted by molar-refractivity contribution is 7.92. The zero-order chi connectivity index (χ0) is 19.0. The van der Waals surface area contributed by atoms with E-state index >= 15 is 0 Å². The minimum Gasteiger partial charge on any atom is -0.338 e. The second kappa shape index (κ2) is 6.51. The van der Waals surface area contributed by atoms with Gasteiger partial charge in [-0.2, -0.15) is 0 Å². The van der Waals surface area contributed by atoms with Crippen LogP contribution in [0, 0.1) is 12.7 Å². The van der Waals surface area contributed by atoms with Crippen LogP contribution < -0.4 is 4.72 Å². The molecule has 136 valence electrons. The molecule has 1 heterocycles. The molecule has 4 aromatic rings. The van der Waals surface area contributed by atoms with E-state index in [0.29, 0.717) is 22.6 Å². The molecule has 0 atom stereocenters. The molecule has 0 spiro atoms. The first-order valence-electron chi connectivity index (χ1n) is 8.27. The number of fused-ring (bicyclic) bond motifs is 1. The fourth-order valence-electron chi connectivity index (χ4n) is 2.80. The normalized spacial score (nSPS) is 11.6. The maximum atomic E-state index is 13.8. The van der Waals surface area contributed by atoms with Gasteiger partial charge in [0.15, 0.2) is 0 Å². The minimum absolute atomic E-state index is 0.134. The van der Waals surface area contributed by atoms with Crippen LogP contribution in [0.4, 0.5) is 10.1 Å². The molecule has 0 amide bonds. The first-order chi connectivity index (χ1) is 12.9. The van der Waals surface area contributed by atoms with Gasteiger partial charge in [-0.05, 0) is 48.9 Å². The number of nitrogens with zero attached hydrogens (tertiary/aromatic N) is 1. The van der Waals surface area contributed by atoms with E-state index in [0.717, 1.165) is 17.1 Å². The third-order valence-electron chi connectivity index (χ3n) is 4.27. The number of hydrogen-bond donors (Lipinski definition) is 2. The van der Waals surface area contributed by atoms with E-state index in [1.54, 1.807) is 31.2 Å². The summed E-state index contributed by atoms with van der Waals surface area (Å²) in [6, 6.07) is 18.3. The smallest absolute Gasteiger partial charge is 0.262 e. The molecule has 0 unspecified atom stereocenters. The molecule has 7 heteroatoms. The Hall–Kier alpha value is -3.19. The van der Waals surface area contributed by atoms with Gasteiger partial charge >= 0.3 is 0 Å². The lowest BCUT2D eigenvalue weighted by atomic mass is 10.2. The summed E-state index contributed by atoms with van der Waals surface area (Å²) < 4.78 is 41.8. The predicted molar refractivity (Wildman–Crippen MR) is 103 cm³/mol. The molecule has 0 bridgehead atoms. The molecule has 27 heavy (non-hydrogen) atoms. The Kier molecular flexibility index (Phi) is 4.16. The lowest BCUT2D eigenvalue weighted by Gasteiger charge is -2.12. The lowest BCUT2D eigenvalue weighted by molar-refractivity contribution is 0.593. The monoisotopic (exact) mass is 381 g/mol. The van der Waals surface area contributed by atoms with Gasteiger partial charge in [-0.15, -0.1) is 0 Å². The highest BCUT2D eigenvalue weighted by Gasteiger charge is 2.19. The molecular weight excluding hydrogens is 365 g/mol. The highest BCUT2D eigenvalue weighted by atomic mass is 32.2. The summed E-state index contributed by atoms with van der Waals surface area (Å²) in [5, 5.41) is 0. The van der Waals surface area contributed by atoms with E-state index in [4.69, 9.17) is 0 Å². The number of aromatic nitrogens is 2. The SMILES string of the molecule is Cc1ccc(S(=O)(=O)Nc2ccccc2-c2nc3ccccc3[nH]2)cc1F. The predicted octanol–water partition coefficient (Wildman–Crippen LogP) is 4.48. The number of para-hydroxylation sites is 3. The summed E-state index contributed by atoms with van der Waals surface area (Å²) in [5.41, 5.74) is 2.98. The van der Waals surface area contributed by atoms with E-state index < -0.39 is 15.8 Å². The highest BCUT2D eigenvalue weighted by Crippen LogP contribution is 2.29.